The minimum atomic E-state index is -1.76. The predicted octanol–water partition coefficient (Wildman–Crippen LogP) is 2.78. The van der Waals surface area contributed by atoms with Gasteiger partial charge in [-0.15, -0.1) is 0 Å². The van der Waals surface area contributed by atoms with Gasteiger partial charge in [0.05, 0.1) is 0 Å². The zero-order chi connectivity index (χ0) is 21.1. The highest BCUT2D eigenvalue weighted by Crippen LogP contribution is 2.33. The van der Waals surface area contributed by atoms with E-state index in [0.717, 1.165) is 16.5 Å². The average molecular weight is 408 g/mol. The van der Waals surface area contributed by atoms with Crippen LogP contribution < -0.4 is 5.32 Å². The molecule has 0 bridgehead atoms. The normalized spacial score (nSPS) is 20.7. The van der Waals surface area contributed by atoms with Crippen LogP contribution in [0.15, 0.2) is 60.8 Å². The molecule has 1 amide bonds. The molecule has 0 radical (unpaired) electrons. The molecular formula is C22H20N2O6. The van der Waals surface area contributed by atoms with Crippen LogP contribution in [0.3, 0.4) is 0 Å². The third kappa shape index (κ3) is 3.84. The number of carboxylic acid groups (broad SMARTS) is 1. The molecule has 0 saturated carbocycles. The largest absolute Gasteiger partial charge is 0.478 e. The number of nitrogens with one attached hydrogen (secondary N) is 2. The smallest absolute Gasteiger partial charge is 0.408 e. The van der Waals surface area contributed by atoms with Crippen molar-refractivity contribution in [1.82, 2.24) is 10.3 Å². The van der Waals surface area contributed by atoms with E-state index >= 15 is 0 Å². The molecule has 1 fully saturated rings. The Hall–Kier alpha value is -3.81. The second-order valence-corrected chi connectivity index (χ2v) is 7.22. The van der Waals surface area contributed by atoms with Crippen LogP contribution >= 0.6 is 0 Å². The maximum atomic E-state index is 12.3. The first kappa shape index (κ1) is 19.5. The fourth-order valence-corrected chi connectivity index (χ4v) is 3.64. The van der Waals surface area contributed by atoms with Gasteiger partial charge in [0.25, 0.3) is 0 Å². The van der Waals surface area contributed by atoms with Gasteiger partial charge in [0.2, 0.25) is 5.60 Å². The first-order chi connectivity index (χ1) is 14.5. The molecule has 2 aromatic carbocycles. The van der Waals surface area contributed by atoms with E-state index in [0.29, 0.717) is 5.56 Å². The SMILES string of the molecule is O=C(N[C@H]1CC(Cc2c[nH]c3ccccc23)(C(=O)O)OC1=O)OCc1ccccc1. The van der Waals surface area contributed by atoms with Crippen LogP contribution in [-0.2, 0) is 32.1 Å². The standard InChI is InChI=1S/C22H20N2O6/c25-19-18(24-21(28)29-13-14-6-2-1-3-7-14)11-22(30-19,20(26)27)10-15-12-23-17-9-5-4-8-16(15)17/h1-9,12,18,23H,10-11,13H2,(H,24,28)(H,26,27)/t18-,22?/m0/s1. The first-order valence-electron chi connectivity index (χ1n) is 9.45. The number of carbonyl (C=O) groups excluding carboxylic acids is 2. The molecule has 2 atom stereocenters. The lowest BCUT2D eigenvalue weighted by Gasteiger charge is -2.22. The molecule has 3 N–H and O–H groups in total. The monoisotopic (exact) mass is 408 g/mol. The van der Waals surface area contributed by atoms with E-state index in [1.807, 2.05) is 42.5 Å². The summed E-state index contributed by atoms with van der Waals surface area (Å²) in [5.74, 6) is -2.06. The summed E-state index contributed by atoms with van der Waals surface area (Å²) in [6.45, 7) is 0.0356. The fourth-order valence-electron chi connectivity index (χ4n) is 3.64. The van der Waals surface area contributed by atoms with Crippen molar-refractivity contribution in [3.05, 3.63) is 71.9 Å². The van der Waals surface area contributed by atoms with Crippen LogP contribution in [0, 0.1) is 0 Å². The van der Waals surface area contributed by atoms with Crippen molar-refractivity contribution in [3.8, 4) is 0 Å². The van der Waals surface area contributed by atoms with E-state index in [4.69, 9.17) is 9.47 Å². The number of carbonyl (C=O) groups is 3. The topological polar surface area (TPSA) is 118 Å². The van der Waals surface area contributed by atoms with Crippen LogP contribution in [0.2, 0.25) is 0 Å². The lowest BCUT2D eigenvalue weighted by Crippen LogP contribution is -2.42. The first-order valence-corrected chi connectivity index (χ1v) is 9.45. The molecule has 3 aromatic rings. The number of hydrogen-bond donors (Lipinski definition) is 3. The minimum Gasteiger partial charge on any atom is -0.478 e. The third-order valence-corrected chi connectivity index (χ3v) is 5.16. The van der Waals surface area contributed by atoms with Gasteiger partial charge < -0.3 is 24.9 Å². The number of benzene rings is 2. The Morgan fingerprint density at radius 2 is 1.90 bits per heavy atom. The highest BCUT2D eigenvalue weighted by atomic mass is 16.6. The van der Waals surface area contributed by atoms with Gasteiger partial charge in [-0.1, -0.05) is 48.5 Å². The number of carboxylic acids is 1. The van der Waals surface area contributed by atoms with Gasteiger partial charge in [0.1, 0.15) is 12.6 Å². The summed E-state index contributed by atoms with van der Waals surface area (Å²) < 4.78 is 10.4. The van der Waals surface area contributed by atoms with Crippen LogP contribution in [0.4, 0.5) is 4.79 Å². The lowest BCUT2D eigenvalue weighted by atomic mass is 9.90. The number of amides is 1. The van der Waals surface area contributed by atoms with E-state index in [1.165, 1.54) is 0 Å². The summed E-state index contributed by atoms with van der Waals surface area (Å²) in [6.07, 6.45) is 0.684. The number of esters is 1. The molecule has 4 rings (SSSR count). The van der Waals surface area contributed by atoms with E-state index in [1.54, 1.807) is 18.3 Å². The van der Waals surface area contributed by atoms with Gasteiger partial charge >= 0.3 is 18.0 Å². The summed E-state index contributed by atoms with van der Waals surface area (Å²) in [5.41, 5.74) is 0.602. The molecular weight excluding hydrogens is 388 g/mol. The molecule has 1 saturated heterocycles. The Labute approximate surface area is 171 Å². The molecule has 0 spiro atoms. The lowest BCUT2D eigenvalue weighted by molar-refractivity contribution is -0.169. The number of H-pyrrole nitrogens is 1. The highest BCUT2D eigenvalue weighted by molar-refractivity contribution is 5.92. The molecule has 8 heteroatoms. The maximum absolute atomic E-state index is 12.3. The van der Waals surface area contributed by atoms with Crippen molar-refractivity contribution < 1.29 is 29.0 Å². The number of rotatable bonds is 6. The van der Waals surface area contributed by atoms with Crippen molar-refractivity contribution in [2.24, 2.45) is 0 Å². The van der Waals surface area contributed by atoms with Crippen LogP contribution in [-0.4, -0.2) is 39.8 Å². The molecule has 0 aliphatic carbocycles. The van der Waals surface area contributed by atoms with E-state index in [9.17, 15) is 19.5 Å². The number of ether oxygens (including phenoxy) is 2. The van der Waals surface area contributed by atoms with Crippen molar-refractivity contribution in [2.75, 3.05) is 0 Å². The van der Waals surface area contributed by atoms with Crippen molar-refractivity contribution >= 4 is 28.9 Å². The zero-order valence-corrected chi connectivity index (χ0v) is 16.0. The molecule has 30 heavy (non-hydrogen) atoms. The summed E-state index contributed by atoms with van der Waals surface area (Å²) in [7, 11) is 0. The van der Waals surface area contributed by atoms with Gasteiger partial charge in [-0.3, -0.25) is 0 Å². The molecule has 1 aliphatic rings. The van der Waals surface area contributed by atoms with Crippen LogP contribution in [0.5, 0.6) is 0 Å². The predicted molar refractivity (Wildman–Crippen MR) is 107 cm³/mol. The van der Waals surface area contributed by atoms with Gasteiger partial charge in [-0.05, 0) is 17.2 Å². The third-order valence-electron chi connectivity index (χ3n) is 5.16. The van der Waals surface area contributed by atoms with E-state index in [2.05, 4.69) is 10.3 Å². The second kappa shape index (κ2) is 7.90. The van der Waals surface area contributed by atoms with Crippen LogP contribution in [0.1, 0.15) is 17.5 Å². The second-order valence-electron chi connectivity index (χ2n) is 7.22. The average Bonchev–Trinajstić information content (AvgIpc) is 3.29. The highest BCUT2D eigenvalue weighted by Gasteiger charge is 2.53. The Morgan fingerprint density at radius 1 is 1.17 bits per heavy atom. The number of alkyl carbamates (subject to hydrolysis) is 1. The molecule has 1 aromatic heterocycles. The number of aromatic nitrogens is 1. The Morgan fingerprint density at radius 3 is 2.67 bits per heavy atom. The van der Waals surface area contributed by atoms with Crippen molar-refractivity contribution in [3.63, 3.8) is 0 Å². The summed E-state index contributed by atoms with van der Waals surface area (Å²) >= 11 is 0. The number of aliphatic carboxylic acids is 1. The number of fused-ring (bicyclic) bond motifs is 1. The molecule has 8 nitrogen and oxygen atoms in total. The molecule has 1 unspecified atom stereocenters. The quantitative estimate of drug-likeness (QED) is 0.540. The Balaban J connectivity index is 1.45. The summed E-state index contributed by atoms with van der Waals surface area (Å²) in [4.78, 5) is 39.6. The summed E-state index contributed by atoms with van der Waals surface area (Å²) in [6, 6.07) is 15.4. The van der Waals surface area contributed by atoms with Gasteiger partial charge in [0, 0.05) is 29.9 Å². The fraction of sp³-hybridized carbons (Fsp3) is 0.227. The van der Waals surface area contributed by atoms with Crippen LogP contribution in [0.25, 0.3) is 10.9 Å². The maximum Gasteiger partial charge on any atom is 0.408 e. The number of cyclic esters (lactones) is 1. The van der Waals surface area contributed by atoms with E-state index < -0.39 is 29.7 Å². The zero-order valence-electron chi connectivity index (χ0n) is 16.0. The van der Waals surface area contributed by atoms with Crippen molar-refractivity contribution in [2.45, 2.75) is 31.1 Å². The van der Waals surface area contributed by atoms with Gasteiger partial charge in [-0.2, -0.15) is 0 Å². The van der Waals surface area contributed by atoms with Gasteiger partial charge in [-0.25, -0.2) is 14.4 Å². The number of para-hydroxylation sites is 1. The molecule has 2 heterocycles. The van der Waals surface area contributed by atoms with Gasteiger partial charge in [0.15, 0.2) is 0 Å². The molecule has 154 valence electrons. The Bertz CT molecular complexity index is 1090. The number of aromatic amines is 1. The molecule has 1 aliphatic heterocycles. The number of hydrogen-bond acceptors (Lipinski definition) is 5. The van der Waals surface area contributed by atoms with E-state index in [-0.39, 0.29) is 19.4 Å². The minimum absolute atomic E-state index is 0.0185. The summed E-state index contributed by atoms with van der Waals surface area (Å²) in [5, 5.41) is 13.1. The van der Waals surface area contributed by atoms with Crippen molar-refractivity contribution in [1.29, 1.82) is 0 Å². The Kier molecular flexibility index (Phi) is 5.14.